The van der Waals surface area contributed by atoms with Crippen molar-refractivity contribution in [3.63, 3.8) is 0 Å². The highest BCUT2D eigenvalue weighted by Crippen LogP contribution is 2.59. The van der Waals surface area contributed by atoms with E-state index in [1.54, 1.807) is 13.8 Å². The van der Waals surface area contributed by atoms with Gasteiger partial charge >= 0.3 is 13.9 Å². The van der Waals surface area contributed by atoms with E-state index >= 15 is 4.39 Å². The Labute approximate surface area is 148 Å². The Balaban J connectivity index is 1.84. The van der Waals surface area contributed by atoms with Crippen LogP contribution in [0.1, 0.15) is 20.8 Å². The fourth-order valence-electron chi connectivity index (χ4n) is 2.71. The lowest BCUT2D eigenvalue weighted by Crippen LogP contribution is -2.56. The van der Waals surface area contributed by atoms with Crippen molar-refractivity contribution in [2.45, 2.75) is 56.7 Å². The number of urea groups is 1. The number of aliphatic hydroxyl groups is 1. The molecular weight excluding hydrogens is 382 g/mol. The standard InChI is InChI=1S/C13H19ClFN2O7P/c1-6(2)23-25(20)21-5-8-9(24-25)13(14,15)11(22-8)17-4-7(3)10(18)16-12(17)19/h4,6,8-11,18H,5H2,1-3H3,(H,16,19)/t8-,9-,10?,11-,13-,25-/m1/s1. The summed E-state index contributed by atoms with van der Waals surface area (Å²) >= 11 is 5.99. The molecule has 142 valence electrons. The number of nitrogens with one attached hydrogen (secondary N) is 1. The van der Waals surface area contributed by atoms with Crippen LogP contribution in [0, 0.1) is 0 Å². The molecule has 2 N–H and O–H groups in total. The van der Waals surface area contributed by atoms with Crippen molar-refractivity contribution in [3.8, 4) is 0 Å². The lowest BCUT2D eigenvalue weighted by molar-refractivity contribution is -0.0806. The summed E-state index contributed by atoms with van der Waals surface area (Å²) in [5.41, 5.74) is 0.358. The van der Waals surface area contributed by atoms with E-state index in [9.17, 15) is 14.5 Å². The molecule has 0 spiro atoms. The van der Waals surface area contributed by atoms with Crippen LogP contribution in [0.3, 0.4) is 0 Å². The largest absolute Gasteiger partial charge is 0.475 e. The van der Waals surface area contributed by atoms with E-state index in [0.29, 0.717) is 5.57 Å². The van der Waals surface area contributed by atoms with Gasteiger partial charge in [-0.15, -0.1) is 0 Å². The predicted molar refractivity (Wildman–Crippen MR) is 83.1 cm³/mol. The summed E-state index contributed by atoms with van der Waals surface area (Å²) in [6, 6.07) is -0.799. The van der Waals surface area contributed by atoms with Crippen molar-refractivity contribution in [1.82, 2.24) is 10.2 Å². The van der Waals surface area contributed by atoms with Crippen LogP contribution in [-0.2, 0) is 22.9 Å². The van der Waals surface area contributed by atoms with Gasteiger partial charge in [-0.25, -0.2) is 13.8 Å². The van der Waals surface area contributed by atoms with Crippen LogP contribution in [0.15, 0.2) is 11.8 Å². The third kappa shape index (κ3) is 3.44. The van der Waals surface area contributed by atoms with E-state index < -0.39 is 49.7 Å². The first kappa shape index (κ1) is 19.0. The molecule has 0 aromatic carbocycles. The van der Waals surface area contributed by atoms with Gasteiger partial charge in [0.05, 0.1) is 12.7 Å². The highest BCUT2D eigenvalue weighted by molar-refractivity contribution is 7.48. The van der Waals surface area contributed by atoms with Gasteiger partial charge in [-0.05, 0) is 26.3 Å². The van der Waals surface area contributed by atoms with Gasteiger partial charge in [0.15, 0.2) is 18.6 Å². The summed E-state index contributed by atoms with van der Waals surface area (Å²) in [6.45, 7) is 4.50. The maximum atomic E-state index is 15.2. The number of rotatable bonds is 3. The first-order valence-electron chi connectivity index (χ1n) is 7.63. The normalized spacial score (nSPS) is 44.5. The first-order chi connectivity index (χ1) is 11.5. The molecule has 0 aliphatic carbocycles. The summed E-state index contributed by atoms with van der Waals surface area (Å²) in [6.07, 6.45) is -4.46. The summed E-state index contributed by atoms with van der Waals surface area (Å²) in [5.74, 6) is 0. The molecule has 25 heavy (non-hydrogen) atoms. The SMILES string of the molecule is CC1=CN([C@@H]2O[C@@H]3CO[P@](=O)(OC(C)C)O[C@H]3[C@]2(F)Cl)C(=O)NC1O. The Kier molecular flexibility index (Phi) is 4.91. The highest BCUT2D eigenvalue weighted by Gasteiger charge is 2.65. The second kappa shape index (κ2) is 6.45. The van der Waals surface area contributed by atoms with Crippen molar-refractivity contribution in [1.29, 1.82) is 0 Å². The number of aliphatic hydroxyl groups excluding tert-OH is 1. The summed E-state index contributed by atoms with van der Waals surface area (Å²) < 4.78 is 48.5. The van der Waals surface area contributed by atoms with Crippen LogP contribution in [0.25, 0.3) is 0 Å². The fraction of sp³-hybridized carbons (Fsp3) is 0.769. The van der Waals surface area contributed by atoms with E-state index in [1.807, 2.05) is 0 Å². The topological polar surface area (TPSA) is 107 Å². The average Bonchev–Trinajstić information content (AvgIpc) is 2.73. The van der Waals surface area contributed by atoms with Gasteiger partial charge in [0.1, 0.15) is 6.10 Å². The molecular formula is C13H19ClFN2O7P. The van der Waals surface area contributed by atoms with Crippen LogP contribution in [-0.4, -0.2) is 58.5 Å². The van der Waals surface area contributed by atoms with Gasteiger partial charge in [-0.3, -0.25) is 18.5 Å². The molecule has 2 amide bonds. The number of phosphoric acid groups is 1. The molecule has 9 nitrogen and oxygen atoms in total. The number of fused-ring (bicyclic) bond motifs is 1. The highest BCUT2D eigenvalue weighted by atomic mass is 35.5. The Bertz CT molecular complexity index is 646. The minimum atomic E-state index is -4.00. The smallest absolute Gasteiger partial charge is 0.370 e. The molecule has 3 heterocycles. The third-order valence-electron chi connectivity index (χ3n) is 3.85. The van der Waals surface area contributed by atoms with Crippen molar-refractivity contribution in [2.75, 3.05) is 6.61 Å². The summed E-state index contributed by atoms with van der Waals surface area (Å²) in [4.78, 5) is 12.9. The number of carbonyl (C=O) groups is 1. The lowest BCUT2D eigenvalue weighted by atomic mass is 10.1. The number of hydrogen-bond acceptors (Lipinski definition) is 7. The monoisotopic (exact) mass is 400 g/mol. The summed E-state index contributed by atoms with van der Waals surface area (Å²) in [7, 11) is -4.00. The van der Waals surface area contributed by atoms with E-state index in [-0.39, 0.29) is 6.61 Å². The molecule has 3 rings (SSSR count). The molecule has 2 saturated heterocycles. The van der Waals surface area contributed by atoms with Gasteiger partial charge in [-0.1, -0.05) is 11.6 Å². The molecule has 0 saturated carbocycles. The van der Waals surface area contributed by atoms with Crippen molar-refractivity contribution in [2.24, 2.45) is 0 Å². The van der Waals surface area contributed by atoms with E-state index in [0.717, 1.165) is 4.90 Å². The number of phosphoric ester groups is 1. The van der Waals surface area contributed by atoms with Gasteiger partial charge < -0.3 is 15.2 Å². The predicted octanol–water partition coefficient (Wildman–Crippen LogP) is 1.81. The maximum Gasteiger partial charge on any atom is 0.475 e. The molecule has 3 aliphatic rings. The minimum absolute atomic E-state index is 0.273. The zero-order valence-electron chi connectivity index (χ0n) is 13.7. The van der Waals surface area contributed by atoms with Gasteiger partial charge in [-0.2, -0.15) is 0 Å². The Morgan fingerprint density at radius 2 is 2.28 bits per heavy atom. The van der Waals surface area contributed by atoms with Crippen LogP contribution in [0.5, 0.6) is 0 Å². The third-order valence-corrected chi connectivity index (χ3v) is 5.88. The van der Waals surface area contributed by atoms with Crippen LogP contribution in [0.4, 0.5) is 9.18 Å². The second-order valence-corrected chi connectivity index (χ2v) is 8.41. The maximum absolute atomic E-state index is 15.2. The van der Waals surface area contributed by atoms with E-state index in [2.05, 4.69) is 5.32 Å². The zero-order valence-corrected chi connectivity index (χ0v) is 15.4. The van der Waals surface area contributed by atoms with Crippen molar-refractivity contribution in [3.05, 3.63) is 11.8 Å². The van der Waals surface area contributed by atoms with Crippen molar-refractivity contribution < 1.29 is 37.2 Å². The molecule has 0 bridgehead atoms. The first-order valence-corrected chi connectivity index (χ1v) is 9.47. The van der Waals surface area contributed by atoms with Gasteiger partial charge in [0, 0.05) is 6.20 Å². The molecule has 12 heteroatoms. The average molecular weight is 401 g/mol. The van der Waals surface area contributed by atoms with Crippen molar-refractivity contribution >= 4 is 25.5 Å². The van der Waals surface area contributed by atoms with Crippen LogP contribution >= 0.6 is 19.4 Å². The number of alkyl halides is 2. The minimum Gasteiger partial charge on any atom is -0.370 e. The number of nitrogens with zero attached hydrogens (tertiary/aromatic N) is 1. The fourth-order valence-corrected chi connectivity index (χ4v) is 4.70. The quantitative estimate of drug-likeness (QED) is 0.549. The molecule has 0 aromatic rings. The molecule has 0 aromatic heterocycles. The van der Waals surface area contributed by atoms with Crippen LogP contribution < -0.4 is 5.32 Å². The lowest BCUT2D eigenvalue weighted by Gasteiger charge is -2.35. The Hall–Kier alpha value is -0.740. The van der Waals surface area contributed by atoms with Gasteiger partial charge in [0.25, 0.3) is 5.13 Å². The zero-order chi connectivity index (χ0) is 18.6. The molecule has 6 atom stereocenters. The van der Waals surface area contributed by atoms with Gasteiger partial charge in [0.2, 0.25) is 0 Å². The Morgan fingerprint density at radius 3 is 2.92 bits per heavy atom. The van der Waals surface area contributed by atoms with Crippen LogP contribution in [0.2, 0.25) is 0 Å². The number of ether oxygens (including phenoxy) is 1. The molecule has 0 radical (unpaired) electrons. The molecule has 1 unspecified atom stereocenters. The second-order valence-electron chi connectivity index (χ2n) is 6.26. The van der Waals surface area contributed by atoms with E-state index in [4.69, 9.17) is 29.9 Å². The summed E-state index contributed by atoms with van der Waals surface area (Å²) in [5, 5.41) is 9.13. The molecule has 3 aliphatic heterocycles. The Morgan fingerprint density at radius 1 is 1.60 bits per heavy atom. The number of hydrogen-bond donors (Lipinski definition) is 2. The number of halogens is 2. The molecule has 2 fully saturated rings. The number of amides is 2. The van der Waals surface area contributed by atoms with E-state index in [1.165, 1.54) is 13.1 Å². The number of carbonyl (C=O) groups excluding carboxylic acids is 1.